The number of halogens is 2. The van der Waals surface area contributed by atoms with Crippen LogP contribution < -0.4 is 10.3 Å². The highest BCUT2D eigenvalue weighted by molar-refractivity contribution is 9.10. The van der Waals surface area contributed by atoms with Crippen molar-refractivity contribution in [3.63, 3.8) is 0 Å². The minimum Gasteiger partial charge on any atom is -0.494 e. The lowest BCUT2D eigenvalue weighted by Gasteiger charge is -2.13. The molecule has 2 aromatic rings. The van der Waals surface area contributed by atoms with Crippen LogP contribution in [0.15, 0.2) is 39.7 Å². The van der Waals surface area contributed by atoms with Gasteiger partial charge in [0.2, 0.25) is 0 Å². The van der Waals surface area contributed by atoms with Crippen LogP contribution in [-0.2, 0) is 4.74 Å². The van der Waals surface area contributed by atoms with Crippen molar-refractivity contribution in [1.29, 1.82) is 0 Å². The monoisotopic (exact) mass is 355 g/mol. The Morgan fingerprint density at radius 1 is 1.24 bits per heavy atom. The van der Waals surface area contributed by atoms with Crippen molar-refractivity contribution >= 4 is 21.9 Å². The summed E-state index contributed by atoms with van der Waals surface area (Å²) in [4.78, 5) is 24.3. The van der Waals surface area contributed by atoms with Gasteiger partial charge in [-0.2, -0.15) is 0 Å². The van der Waals surface area contributed by atoms with E-state index in [-0.39, 0.29) is 11.3 Å². The van der Waals surface area contributed by atoms with Crippen LogP contribution in [0.2, 0.25) is 0 Å². The Kier molecular flexibility index (Phi) is 4.42. The fourth-order valence-corrected chi connectivity index (χ4v) is 2.41. The lowest BCUT2D eigenvalue weighted by atomic mass is 10.2. The summed E-state index contributed by atoms with van der Waals surface area (Å²) in [5.74, 6) is -1.15. The molecular formula is C14H11BrFNO4. The highest BCUT2D eigenvalue weighted by Gasteiger charge is 2.23. The number of pyridine rings is 1. The quantitative estimate of drug-likeness (QED) is 0.794. The van der Waals surface area contributed by atoms with Crippen molar-refractivity contribution in [2.75, 3.05) is 14.2 Å². The minimum absolute atomic E-state index is 0.0882. The molecule has 0 atom stereocenters. The van der Waals surface area contributed by atoms with E-state index in [9.17, 15) is 14.0 Å². The molecule has 7 heteroatoms. The fraction of sp³-hybridized carbons (Fsp3) is 0.143. The van der Waals surface area contributed by atoms with Gasteiger partial charge in [-0.15, -0.1) is 0 Å². The van der Waals surface area contributed by atoms with Gasteiger partial charge in [0, 0.05) is 11.9 Å². The molecule has 0 radical (unpaired) electrons. The number of ether oxygens (including phenoxy) is 2. The smallest absolute Gasteiger partial charge is 0.347 e. The molecule has 0 spiro atoms. The van der Waals surface area contributed by atoms with Gasteiger partial charge in [0.1, 0.15) is 5.82 Å². The Morgan fingerprint density at radius 2 is 1.86 bits per heavy atom. The number of carbonyl (C=O) groups excluding carboxylic acids is 1. The fourth-order valence-electron chi connectivity index (χ4n) is 1.84. The van der Waals surface area contributed by atoms with Gasteiger partial charge in [-0.3, -0.25) is 9.36 Å². The van der Waals surface area contributed by atoms with Crippen LogP contribution in [0.1, 0.15) is 10.4 Å². The number of hydrogen-bond donors (Lipinski definition) is 0. The molecular weight excluding hydrogens is 345 g/mol. The molecule has 0 amide bonds. The summed E-state index contributed by atoms with van der Waals surface area (Å²) >= 11 is 3.23. The molecule has 1 aromatic carbocycles. The molecule has 0 saturated heterocycles. The number of carbonyl (C=O) groups is 1. The van der Waals surface area contributed by atoms with Gasteiger partial charge in [0.25, 0.3) is 5.56 Å². The maximum Gasteiger partial charge on any atom is 0.347 e. The average molecular weight is 356 g/mol. The summed E-state index contributed by atoms with van der Waals surface area (Å²) in [6.45, 7) is 0. The summed E-state index contributed by atoms with van der Waals surface area (Å²) < 4.78 is 24.3. The van der Waals surface area contributed by atoms with Gasteiger partial charge in [0.05, 0.1) is 18.7 Å². The van der Waals surface area contributed by atoms with Crippen LogP contribution >= 0.6 is 15.9 Å². The zero-order valence-electron chi connectivity index (χ0n) is 11.2. The zero-order chi connectivity index (χ0) is 15.6. The number of rotatable bonds is 3. The van der Waals surface area contributed by atoms with E-state index in [1.54, 1.807) is 0 Å². The number of benzene rings is 1. The lowest BCUT2D eigenvalue weighted by molar-refractivity contribution is 0.0594. The van der Waals surface area contributed by atoms with Crippen LogP contribution in [-0.4, -0.2) is 24.8 Å². The Bertz CT molecular complexity index is 740. The molecule has 1 aromatic heterocycles. The molecule has 0 bridgehead atoms. The Hall–Kier alpha value is -2.15. The summed E-state index contributed by atoms with van der Waals surface area (Å²) in [5.41, 5.74) is -0.442. The first kappa shape index (κ1) is 15.2. The van der Waals surface area contributed by atoms with Gasteiger partial charge in [0.15, 0.2) is 11.3 Å². The van der Waals surface area contributed by atoms with Gasteiger partial charge < -0.3 is 9.47 Å². The summed E-state index contributed by atoms with van der Waals surface area (Å²) in [6.07, 6.45) is 1.45. The van der Waals surface area contributed by atoms with Gasteiger partial charge >= 0.3 is 5.97 Å². The van der Waals surface area contributed by atoms with Crippen molar-refractivity contribution in [1.82, 2.24) is 4.57 Å². The van der Waals surface area contributed by atoms with E-state index in [0.717, 1.165) is 0 Å². The van der Waals surface area contributed by atoms with Crippen molar-refractivity contribution < 1.29 is 18.7 Å². The Morgan fingerprint density at radius 3 is 2.38 bits per heavy atom. The second-order valence-corrected chi connectivity index (χ2v) is 4.88. The lowest BCUT2D eigenvalue weighted by Crippen LogP contribution is -2.26. The predicted octanol–water partition coefficient (Wildman–Crippen LogP) is 2.53. The number of methoxy groups -OCH3 is 2. The van der Waals surface area contributed by atoms with Gasteiger partial charge in [-0.05, 0) is 40.2 Å². The minimum atomic E-state index is -0.811. The first-order valence-electron chi connectivity index (χ1n) is 5.83. The van der Waals surface area contributed by atoms with Crippen LogP contribution in [0.3, 0.4) is 0 Å². The third kappa shape index (κ3) is 2.82. The van der Waals surface area contributed by atoms with Crippen molar-refractivity contribution in [3.05, 3.63) is 56.7 Å². The molecule has 110 valence electrons. The topological polar surface area (TPSA) is 57.5 Å². The first-order valence-corrected chi connectivity index (χ1v) is 6.62. The third-order valence-electron chi connectivity index (χ3n) is 2.82. The Labute approximate surface area is 128 Å². The summed E-state index contributed by atoms with van der Waals surface area (Å²) in [5, 5.41) is 0. The molecule has 2 rings (SSSR count). The first-order chi connectivity index (χ1) is 9.99. The molecule has 0 aliphatic rings. The number of nitrogens with zero attached hydrogens (tertiary/aromatic N) is 1. The van der Waals surface area contributed by atoms with E-state index >= 15 is 0 Å². The van der Waals surface area contributed by atoms with E-state index < -0.39 is 17.3 Å². The van der Waals surface area contributed by atoms with Gasteiger partial charge in [-0.1, -0.05) is 0 Å². The van der Waals surface area contributed by atoms with Crippen molar-refractivity contribution in [2.24, 2.45) is 0 Å². The van der Waals surface area contributed by atoms with E-state index in [4.69, 9.17) is 4.74 Å². The van der Waals surface area contributed by atoms with Gasteiger partial charge in [-0.25, -0.2) is 9.18 Å². The Balaban J connectivity index is 2.75. The van der Waals surface area contributed by atoms with Crippen LogP contribution in [0, 0.1) is 5.82 Å². The predicted molar refractivity (Wildman–Crippen MR) is 77.6 cm³/mol. The molecule has 1 heterocycles. The molecule has 0 N–H and O–H groups in total. The number of aromatic nitrogens is 1. The van der Waals surface area contributed by atoms with E-state index in [1.807, 2.05) is 0 Å². The summed E-state index contributed by atoms with van der Waals surface area (Å²) in [6, 6.07) is 5.29. The second kappa shape index (κ2) is 6.09. The largest absolute Gasteiger partial charge is 0.494 e. The maximum absolute atomic E-state index is 13.0. The van der Waals surface area contributed by atoms with E-state index in [0.29, 0.717) is 10.2 Å². The molecule has 0 aliphatic carbocycles. The zero-order valence-corrected chi connectivity index (χ0v) is 12.8. The van der Waals surface area contributed by atoms with Crippen LogP contribution in [0.25, 0.3) is 5.69 Å². The average Bonchev–Trinajstić information content (AvgIpc) is 2.49. The molecule has 0 saturated carbocycles. The standard InChI is InChI=1S/C14H11BrFNO4/c1-20-12-10(15)7-17(9-5-3-8(16)4-6-9)13(18)11(12)14(19)21-2/h3-7H,1-2H3. The normalized spacial score (nSPS) is 10.3. The highest BCUT2D eigenvalue weighted by Crippen LogP contribution is 2.27. The maximum atomic E-state index is 13.0. The van der Waals surface area contributed by atoms with Crippen LogP contribution in [0.4, 0.5) is 4.39 Å². The van der Waals surface area contributed by atoms with E-state index in [1.165, 1.54) is 49.2 Å². The van der Waals surface area contributed by atoms with Crippen molar-refractivity contribution in [2.45, 2.75) is 0 Å². The molecule has 0 unspecified atom stereocenters. The number of esters is 1. The molecule has 0 aliphatic heterocycles. The molecule has 0 fully saturated rings. The van der Waals surface area contributed by atoms with Crippen LogP contribution in [0.5, 0.6) is 5.75 Å². The SMILES string of the molecule is COC(=O)c1c(OC)c(Br)cn(-c2ccc(F)cc2)c1=O. The highest BCUT2D eigenvalue weighted by atomic mass is 79.9. The second-order valence-electron chi connectivity index (χ2n) is 4.03. The summed E-state index contributed by atoms with van der Waals surface area (Å²) in [7, 11) is 2.51. The van der Waals surface area contributed by atoms with E-state index in [2.05, 4.69) is 20.7 Å². The third-order valence-corrected chi connectivity index (χ3v) is 3.38. The number of hydrogen-bond acceptors (Lipinski definition) is 4. The van der Waals surface area contributed by atoms with Crippen molar-refractivity contribution in [3.8, 4) is 11.4 Å². The molecule has 21 heavy (non-hydrogen) atoms. The molecule has 5 nitrogen and oxygen atoms in total.